The molecule has 5 nitrogen and oxygen atoms in total. The van der Waals surface area contributed by atoms with Gasteiger partial charge in [-0.3, -0.25) is 14.5 Å². The van der Waals surface area contributed by atoms with Crippen molar-refractivity contribution < 1.29 is 19.1 Å². The summed E-state index contributed by atoms with van der Waals surface area (Å²) in [6.45, 7) is 0.327. The van der Waals surface area contributed by atoms with E-state index in [0.29, 0.717) is 30.5 Å². The third-order valence-electron chi connectivity index (χ3n) is 4.64. The van der Waals surface area contributed by atoms with Crippen LogP contribution in [0, 0.1) is 0 Å². The van der Waals surface area contributed by atoms with E-state index < -0.39 is 5.79 Å². The van der Waals surface area contributed by atoms with Gasteiger partial charge >= 0.3 is 0 Å². The number of hydrogen-bond acceptors (Lipinski definition) is 4. The molecule has 0 aliphatic carbocycles. The Morgan fingerprint density at radius 3 is 1.88 bits per heavy atom. The monoisotopic (exact) mass is 339 g/mol. The van der Waals surface area contributed by atoms with E-state index in [1.807, 2.05) is 30.3 Å². The van der Waals surface area contributed by atoms with Crippen LogP contribution in [0.2, 0.25) is 0 Å². The lowest BCUT2D eigenvalue weighted by Crippen LogP contribution is -2.35. The van der Waals surface area contributed by atoms with Crippen molar-refractivity contribution in [1.82, 2.24) is 4.90 Å². The maximum Gasteiger partial charge on any atom is 0.261 e. The number of amides is 2. The minimum atomic E-state index is -0.889. The maximum absolute atomic E-state index is 12.4. The van der Waals surface area contributed by atoms with E-state index >= 15 is 0 Å². The van der Waals surface area contributed by atoms with Crippen molar-refractivity contribution in [3.8, 4) is 0 Å². The number of benzene rings is 2. The van der Waals surface area contributed by atoms with Crippen LogP contribution in [0.25, 0.3) is 0 Å². The van der Waals surface area contributed by atoms with Gasteiger partial charge in [-0.05, 0) is 18.6 Å². The van der Waals surface area contributed by atoms with Crippen LogP contribution in [0.4, 0.5) is 0 Å². The fourth-order valence-electron chi connectivity index (χ4n) is 3.27. The number of carbonyl (C=O) groups excluding carboxylic acids is 2. The zero-order chi connectivity index (χ0) is 17.9. The molecule has 0 aromatic heterocycles. The summed E-state index contributed by atoms with van der Waals surface area (Å²) in [6, 6.07) is 16.6. The van der Waals surface area contributed by atoms with Gasteiger partial charge in [-0.15, -0.1) is 0 Å². The number of imide groups is 1. The number of hydrogen-bond donors (Lipinski definition) is 0. The van der Waals surface area contributed by atoms with Crippen LogP contribution < -0.4 is 0 Å². The van der Waals surface area contributed by atoms with Gasteiger partial charge in [0, 0.05) is 32.7 Å². The van der Waals surface area contributed by atoms with Gasteiger partial charge in [-0.2, -0.15) is 0 Å². The highest BCUT2D eigenvalue weighted by Gasteiger charge is 2.36. The molecule has 3 rings (SSSR count). The first kappa shape index (κ1) is 17.3. The van der Waals surface area contributed by atoms with Gasteiger partial charge in [-0.1, -0.05) is 42.5 Å². The quantitative estimate of drug-likeness (QED) is 0.574. The van der Waals surface area contributed by atoms with Crippen LogP contribution >= 0.6 is 0 Å². The third-order valence-corrected chi connectivity index (χ3v) is 4.64. The number of carbonyl (C=O) groups is 2. The molecule has 5 heteroatoms. The number of nitrogens with zero attached hydrogens (tertiary/aromatic N) is 1. The van der Waals surface area contributed by atoms with E-state index in [2.05, 4.69) is 0 Å². The molecular formula is C20H21NO4. The van der Waals surface area contributed by atoms with Crippen molar-refractivity contribution in [2.24, 2.45) is 0 Å². The van der Waals surface area contributed by atoms with E-state index in [-0.39, 0.29) is 11.8 Å². The fourth-order valence-corrected chi connectivity index (χ4v) is 3.27. The number of rotatable bonds is 7. The molecule has 0 atom stereocenters. The molecule has 0 spiro atoms. The molecular weight excluding hydrogens is 318 g/mol. The first-order valence-corrected chi connectivity index (χ1v) is 8.24. The molecule has 1 heterocycles. The minimum absolute atomic E-state index is 0.235. The molecule has 0 bridgehead atoms. The van der Waals surface area contributed by atoms with Crippen molar-refractivity contribution in [2.45, 2.75) is 18.6 Å². The topological polar surface area (TPSA) is 55.8 Å². The molecule has 0 saturated carbocycles. The summed E-state index contributed by atoms with van der Waals surface area (Å²) in [5, 5.41) is 0. The average Bonchev–Trinajstić information content (AvgIpc) is 2.91. The van der Waals surface area contributed by atoms with Gasteiger partial charge in [0.25, 0.3) is 11.8 Å². The van der Waals surface area contributed by atoms with Gasteiger partial charge in [0.05, 0.1) is 11.1 Å². The van der Waals surface area contributed by atoms with E-state index in [4.69, 9.17) is 9.47 Å². The van der Waals surface area contributed by atoms with Gasteiger partial charge in [0.15, 0.2) is 5.79 Å². The molecule has 130 valence electrons. The second-order valence-corrected chi connectivity index (χ2v) is 5.94. The van der Waals surface area contributed by atoms with Gasteiger partial charge in [-0.25, -0.2) is 0 Å². The van der Waals surface area contributed by atoms with E-state index in [1.54, 1.807) is 38.5 Å². The van der Waals surface area contributed by atoms with Crippen molar-refractivity contribution in [2.75, 3.05) is 20.8 Å². The Morgan fingerprint density at radius 2 is 1.36 bits per heavy atom. The average molecular weight is 339 g/mol. The molecule has 2 aromatic rings. The smallest absolute Gasteiger partial charge is 0.261 e. The van der Waals surface area contributed by atoms with E-state index in [0.717, 1.165) is 5.56 Å². The Labute approximate surface area is 147 Å². The molecule has 25 heavy (non-hydrogen) atoms. The number of fused-ring (bicyclic) bond motifs is 1. The lowest BCUT2D eigenvalue weighted by atomic mass is 10.00. The maximum atomic E-state index is 12.4. The van der Waals surface area contributed by atoms with Crippen LogP contribution in [-0.4, -0.2) is 37.5 Å². The Hall–Kier alpha value is -2.50. The zero-order valence-electron chi connectivity index (χ0n) is 14.4. The standard InChI is InChI=1S/C20H21NO4/c1-24-20(25-2,15-9-4-3-5-10-15)13-8-14-21-18(22)16-11-6-7-12-17(16)19(21)23/h3-7,9-12H,8,13-14H2,1-2H3. The highest BCUT2D eigenvalue weighted by Crippen LogP contribution is 2.32. The number of methoxy groups -OCH3 is 2. The van der Waals surface area contributed by atoms with Crippen LogP contribution in [0.5, 0.6) is 0 Å². The molecule has 0 unspecified atom stereocenters. The van der Waals surface area contributed by atoms with Crippen molar-refractivity contribution in [3.05, 3.63) is 71.3 Å². The SMILES string of the molecule is COC(CCCN1C(=O)c2ccccc2C1=O)(OC)c1ccccc1. The Morgan fingerprint density at radius 1 is 0.840 bits per heavy atom. The number of ether oxygens (including phenoxy) is 2. The largest absolute Gasteiger partial charge is 0.349 e. The van der Waals surface area contributed by atoms with Crippen molar-refractivity contribution in [1.29, 1.82) is 0 Å². The summed E-state index contributed by atoms with van der Waals surface area (Å²) in [5.74, 6) is -1.36. The van der Waals surface area contributed by atoms with Crippen LogP contribution in [0.1, 0.15) is 39.1 Å². The second kappa shape index (κ2) is 7.17. The zero-order valence-corrected chi connectivity index (χ0v) is 14.4. The third kappa shape index (κ3) is 3.08. The molecule has 2 aromatic carbocycles. The van der Waals surface area contributed by atoms with Crippen LogP contribution in [0.15, 0.2) is 54.6 Å². The molecule has 0 radical (unpaired) electrons. The molecule has 0 N–H and O–H groups in total. The Kier molecular flexibility index (Phi) is 4.97. The van der Waals surface area contributed by atoms with E-state index in [9.17, 15) is 9.59 Å². The predicted octanol–water partition coefficient (Wildman–Crippen LogP) is 3.21. The summed E-state index contributed by atoms with van der Waals surface area (Å²) in [5.41, 5.74) is 1.85. The van der Waals surface area contributed by atoms with Crippen LogP contribution in [0.3, 0.4) is 0 Å². The first-order chi connectivity index (χ1) is 12.1. The van der Waals surface area contributed by atoms with Crippen LogP contribution in [-0.2, 0) is 15.3 Å². The minimum Gasteiger partial charge on any atom is -0.349 e. The lowest BCUT2D eigenvalue weighted by Gasteiger charge is -2.32. The summed E-state index contributed by atoms with van der Waals surface area (Å²) >= 11 is 0. The predicted molar refractivity (Wildman–Crippen MR) is 93.2 cm³/mol. The molecule has 0 fully saturated rings. The molecule has 2 amide bonds. The fraction of sp³-hybridized carbons (Fsp3) is 0.300. The summed E-state index contributed by atoms with van der Waals surface area (Å²) < 4.78 is 11.3. The van der Waals surface area contributed by atoms with Crippen molar-refractivity contribution >= 4 is 11.8 Å². The Bertz CT molecular complexity index is 733. The van der Waals surface area contributed by atoms with Gasteiger partial charge in [0.1, 0.15) is 0 Å². The Balaban J connectivity index is 1.70. The van der Waals surface area contributed by atoms with E-state index in [1.165, 1.54) is 4.90 Å². The molecule has 0 saturated heterocycles. The normalized spacial score (nSPS) is 14.1. The van der Waals surface area contributed by atoms with Gasteiger partial charge in [0.2, 0.25) is 0 Å². The summed E-state index contributed by atoms with van der Waals surface area (Å²) in [7, 11) is 3.19. The highest BCUT2D eigenvalue weighted by molar-refractivity contribution is 6.21. The van der Waals surface area contributed by atoms with Gasteiger partial charge < -0.3 is 9.47 Å². The lowest BCUT2D eigenvalue weighted by molar-refractivity contribution is -0.220. The summed E-state index contributed by atoms with van der Waals surface area (Å²) in [4.78, 5) is 26.1. The summed E-state index contributed by atoms with van der Waals surface area (Å²) in [6.07, 6.45) is 1.10. The molecule has 1 aliphatic heterocycles. The second-order valence-electron chi connectivity index (χ2n) is 5.94. The highest BCUT2D eigenvalue weighted by atomic mass is 16.7. The molecule has 1 aliphatic rings. The van der Waals surface area contributed by atoms with Crippen molar-refractivity contribution in [3.63, 3.8) is 0 Å². The first-order valence-electron chi connectivity index (χ1n) is 8.24.